The van der Waals surface area contributed by atoms with Crippen LogP contribution in [-0.2, 0) is 4.74 Å². The predicted octanol–water partition coefficient (Wildman–Crippen LogP) is 2.02. The van der Waals surface area contributed by atoms with Crippen molar-refractivity contribution >= 4 is 5.82 Å². The monoisotopic (exact) mass is 263 g/mol. The molecule has 2 fully saturated rings. The van der Waals surface area contributed by atoms with E-state index in [1.807, 2.05) is 0 Å². The van der Waals surface area contributed by atoms with Gasteiger partial charge in [-0.3, -0.25) is 4.79 Å². The molecule has 1 aromatic rings. The average molecular weight is 263 g/mol. The van der Waals surface area contributed by atoms with Gasteiger partial charge in [-0.15, -0.1) is 0 Å². The van der Waals surface area contributed by atoms with Gasteiger partial charge < -0.3 is 15.0 Å². The number of hydrogen-bond acceptors (Lipinski definition) is 4. The first-order valence-electron chi connectivity index (χ1n) is 7.04. The summed E-state index contributed by atoms with van der Waals surface area (Å²) < 4.78 is 5.70. The van der Waals surface area contributed by atoms with Crippen molar-refractivity contribution in [2.45, 2.75) is 57.1 Å². The number of anilines is 1. The van der Waals surface area contributed by atoms with Crippen LogP contribution in [0.15, 0.2) is 10.9 Å². The van der Waals surface area contributed by atoms with E-state index in [9.17, 15) is 4.79 Å². The van der Waals surface area contributed by atoms with E-state index in [0.29, 0.717) is 17.8 Å². The second-order valence-electron chi connectivity index (χ2n) is 6.23. The standard InChI is InChI=1S/C14H21N3O2/c1-14(2)8-10(5-6-19-14)15-11-7-12(18)17-13(16-11)9-3-4-9/h7,9-10H,3-6,8H2,1-2H3,(H2,15,16,17,18). The smallest absolute Gasteiger partial charge is 0.252 e. The molecule has 1 saturated heterocycles. The van der Waals surface area contributed by atoms with E-state index < -0.39 is 0 Å². The molecule has 1 aromatic heterocycles. The third kappa shape index (κ3) is 3.15. The molecule has 3 rings (SSSR count). The highest BCUT2D eigenvalue weighted by Gasteiger charge is 2.30. The lowest BCUT2D eigenvalue weighted by molar-refractivity contribution is -0.0553. The molecule has 5 nitrogen and oxygen atoms in total. The van der Waals surface area contributed by atoms with Crippen molar-refractivity contribution in [2.24, 2.45) is 0 Å². The molecular formula is C14H21N3O2. The summed E-state index contributed by atoms with van der Waals surface area (Å²) in [4.78, 5) is 19.0. The molecule has 0 amide bonds. The maximum Gasteiger partial charge on any atom is 0.252 e. The van der Waals surface area contributed by atoms with Crippen molar-refractivity contribution < 1.29 is 4.74 Å². The minimum absolute atomic E-state index is 0.0641. The molecule has 104 valence electrons. The normalized spacial score (nSPS) is 26.1. The van der Waals surface area contributed by atoms with Crippen molar-refractivity contribution in [3.8, 4) is 0 Å². The van der Waals surface area contributed by atoms with Crippen LogP contribution in [0.25, 0.3) is 0 Å². The number of ether oxygens (including phenoxy) is 1. The Morgan fingerprint density at radius 2 is 2.21 bits per heavy atom. The second kappa shape index (κ2) is 4.63. The van der Waals surface area contributed by atoms with Gasteiger partial charge in [-0.1, -0.05) is 0 Å². The van der Waals surface area contributed by atoms with Crippen LogP contribution in [-0.4, -0.2) is 28.2 Å². The quantitative estimate of drug-likeness (QED) is 0.875. The third-order valence-corrected chi connectivity index (χ3v) is 3.77. The lowest BCUT2D eigenvalue weighted by atomic mass is 9.94. The Morgan fingerprint density at radius 1 is 1.42 bits per heavy atom. The second-order valence-corrected chi connectivity index (χ2v) is 6.23. The number of rotatable bonds is 3. The number of hydrogen-bond donors (Lipinski definition) is 2. The largest absolute Gasteiger partial charge is 0.375 e. The Morgan fingerprint density at radius 3 is 2.89 bits per heavy atom. The number of aromatic amines is 1. The van der Waals surface area contributed by atoms with Gasteiger partial charge in [-0.2, -0.15) is 0 Å². The molecule has 1 aliphatic carbocycles. The number of aromatic nitrogens is 2. The van der Waals surface area contributed by atoms with Gasteiger partial charge in [-0.05, 0) is 39.5 Å². The van der Waals surface area contributed by atoms with Crippen molar-refractivity contribution in [2.75, 3.05) is 11.9 Å². The Kier molecular flexibility index (Phi) is 3.09. The van der Waals surface area contributed by atoms with Gasteiger partial charge in [0.2, 0.25) is 0 Å². The molecule has 19 heavy (non-hydrogen) atoms. The molecule has 2 aliphatic rings. The van der Waals surface area contributed by atoms with E-state index in [0.717, 1.165) is 38.1 Å². The van der Waals surface area contributed by atoms with Crippen LogP contribution in [0.1, 0.15) is 51.3 Å². The predicted molar refractivity (Wildman–Crippen MR) is 73.5 cm³/mol. The lowest BCUT2D eigenvalue weighted by Crippen LogP contribution is -2.40. The maximum absolute atomic E-state index is 11.7. The van der Waals surface area contributed by atoms with Crippen molar-refractivity contribution in [1.82, 2.24) is 9.97 Å². The third-order valence-electron chi connectivity index (χ3n) is 3.77. The van der Waals surface area contributed by atoms with Crippen molar-refractivity contribution in [3.05, 3.63) is 22.2 Å². The Balaban J connectivity index is 1.73. The highest BCUT2D eigenvalue weighted by molar-refractivity contribution is 5.35. The molecule has 2 N–H and O–H groups in total. The van der Waals surface area contributed by atoms with E-state index in [2.05, 4.69) is 29.1 Å². The Hall–Kier alpha value is -1.36. The highest BCUT2D eigenvalue weighted by atomic mass is 16.5. The van der Waals surface area contributed by atoms with Crippen molar-refractivity contribution in [3.63, 3.8) is 0 Å². The van der Waals surface area contributed by atoms with Crippen LogP contribution in [0.3, 0.4) is 0 Å². The van der Waals surface area contributed by atoms with Crippen LogP contribution < -0.4 is 10.9 Å². The first-order valence-corrected chi connectivity index (χ1v) is 7.04. The molecular weight excluding hydrogens is 242 g/mol. The minimum atomic E-state index is -0.101. The summed E-state index contributed by atoms with van der Waals surface area (Å²) in [5.41, 5.74) is -0.165. The van der Waals surface area contributed by atoms with Crippen LogP contribution in [0, 0.1) is 0 Å². The SMILES string of the molecule is CC1(C)CC(Nc2cc(=O)[nH]c(C3CC3)n2)CCO1. The molecule has 1 atom stereocenters. The van der Waals surface area contributed by atoms with Gasteiger partial charge in [0.05, 0.1) is 5.60 Å². The van der Waals surface area contributed by atoms with Crippen LogP contribution >= 0.6 is 0 Å². The lowest BCUT2D eigenvalue weighted by Gasteiger charge is -2.36. The average Bonchev–Trinajstić information content (AvgIpc) is 3.10. The Labute approximate surface area is 112 Å². The topological polar surface area (TPSA) is 67.0 Å². The van der Waals surface area contributed by atoms with Gasteiger partial charge >= 0.3 is 0 Å². The molecule has 1 unspecified atom stereocenters. The van der Waals surface area contributed by atoms with Crippen LogP contribution in [0.2, 0.25) is 0 Å². The zero-order valence-corrected chi connectivity index (χ0v) is 11.5. The zero-order chi connectivity index (χ0) is 13.5. The summed E-state index contributed by atoms with van der Waals surface area (Å²) >= 11 is 0. The van der Waals surface area contributed by atoms with Gasteiger partial charge in [0.1, 0.15) is 11.6 Å². The zero-order valence-electron chi connectivity index (χ0n) is 11.5. The Bertz CT molecular complexity index is 520. The molecule has 1 aliphatic heterocycles. The minimum Gasteiger partial charge on any atom is -0.375 e. The first-order chi connectivity index (χ1) is 9.02. The molecule has 0 radical (unpaired) electrons. The van der Waals surface area contributed by atoms with Gasteiger partial charge in [0.15, 0.2) is 0 Å². The van der Waals surface area contributed by atoms with Crippen LogP contribution in [0.4, 0.5) is 5.82 Å². The first kappa shape index (κ1) is 12.7. The summed E-state index contributed by atoms with van der Waals surface area (Å²) in [7, 11) is 0. The fourth-order valence-corrected chi connectivity index (χ4v) is 2.66. The van der Waals surface area contributed by atoms with E-state index in [1.54, 1.807) is 6.07 Å². The summed E-state index contributed by atoms with van der Waals surface area (Å²) in [6, 6.07) is 1.87. The van der Waals surface area contributed by atoms with E-state index in [-0.39, 0.29) is 11.2 Å². The summed E-state index contributed by atoms with van der Waals surface area (Å²) in [5.74, 6) is 2.00. The number of nitrogens with one attached hydrogen (secondary N) is 2. The van der Waals surface area contributed by atoms with E-state index >= 15 is 0 Å². The maximum atomic E-state index is 11.7. The summed E-state index contributed by atoms with van der Waals surface area (Å²) in [6.45, 7) is 4.95. The molecule has 5 heteroatoms. The molecule has 1 saturated carbocycles. The van der Waals surface area contributed by atoms with E-state index in [4.69, 9.17) is 4.74 Å². The van der Waals surface area contributed by atoms with E-state index in [1.165, 1.54) is 0 Å². The number of H-pyrrole nitrogens is 1. The number of nitrogens with zero attached hydrogens (tertiary/aromatic N) is 1. The summed E-state index contributed by atoms with van der Waals surface area (Å²) in [6.07, 6.45) is 4.16. The van der Waals surface area contributed by atoms with Gasteiger partial charge in [-0.25, -0.2) is 4.98 Å². The molecule has 2 heterocycles. The molecule has 0 bridgehead atoms. The summed E-state index contributed by atoms with van der Waals surface area (Å²) in [5, 5.41) is 3.39. The highest BCUT2D eigenvalue weighted by Crippen LogP contribution is 2.37. The molecule has 0 spiro atoms. The van der Waals surface area contributed by atoms with Gasteiger partial charge in [0.25, 0.3) is 5.56 Å². The van der Waals surface area contributed by atoms with Crippen molar-refractivity contribution in [1.29, 1.82) is 0 Å². The van der Waals surface area contributed by atoms with Gasteiger partial charge in [0, 0.05) is 24.6 Å². The van der Waals surface area contributed by atoms with Crippen LogP contribution in [0.5, 0.6) is 0 Å². The molecule has 0 aromatic carbocycles. The fraction of sp³-hybridized carbons (Fsp3) is 0.714. The fourth-order valence-electron chi connectivity index (χ4n) is 2.66.